The molecule has 0 spiro atoms. The van der Waals surface area contributed by atoms with Crippen molar-refractivity contribution in [1.29, 1.82) is 0 Å². The molecule has 0 N–H and O–H groups in total. The van der Waals surface area contributed by atoms with Crippen LogP contribution < -0.4 is 4.90 Å². The van der Waals surface area contributed by atoms with Crippen molar-refractivity contribution in [3.63, 3.8) is 0 Å². The van der Waals surface area contributed by atoms with Crippen LogP contribution in [0.15, 0.2) is 18.3 Å². The van der Waals surface area contributed by atoms with Crippen LogP contribution in [0.25, 0.3) is 0 Å². The Morgan fingerprint density at radius 1 is 1.67 bits per heavy atom. The molecule has 1 radical (unpaired) electrons. The standard InChI is InChI=1S/C9H10FN2/c10-8-3-5-12(7-8)9-2-1-4-11-6-9/h1-2,6,8H,3,5,7H2. The molecular formula is C9H10FN2. The molecule has 1 fully saturated rings. The second-order valence-corrected chi connectivity index (χ2v) is 2.98. The van der Waals surface area contributed by atoms with Crippen LogP contribution in [-0.2, 0) is 0 Å². The van der Waals surface area contributed by atoms with Crippen molar-refractivity contribution in [3.8, 4) is 0 Å². The van der Waals surface area contributed by atoms with E-state index in [0.717, 1.165) is 12.2 Å². The normalized spacial score (nSPS) is 23.1. The van der Waals surface area contributed by atoms with Gasteiger partial charge in [-0.1, -0.05) is 0 Å². The molecule has 2 heterocycles. The van der Waals surface area contributed by atoms with Crippen LogP contribution in [-0.4, -0.2) is 24.2 Å². The maximum Gasteiger partial charge on any atom is 0.119 e. The van der Waals surface area contributed by atoms with Gasteiger partial charge in [-0.3, -0.25) is 4.98 Å². The molecule has 1 unspecified atom stereocenters. The predicted molar refractivity (Wildman–Crippen MR) is 44.8 cm³/mol. The Kier molecular flexibility index (Phi) is 1.94. The molecule has 0 aliphatic carbocycles. The van der Waals surface area contributed by atoms with Gasteiger partial charge in [-0.15, -0.1) is 0 Å². The lowest BCUT2D eigenvalue weighted by Gasteiger charge is -2.15. The quantitative estimate of drug-likeness (QED) is 0.625. The summed E-state index contributed by atoms with van der Waals surface area (Å²) in [6.45, 7) is 1.30. The van der Waals surface area contributed by atoms with Crippen LogP contribution in [0.5, 0.6) is 0 Å². The molecule has 1 aliphatic heterocycles. The van der Waals surface area contributed by atoms with Gasteiger partial charge < -0.3 is 4.90 Å². The summed E-state index contributed by atoms with van der Waals surface area (Å²) in [6.07, 6.45) is 4.38. The first-order chi connectivity index (χ1) is 5.86. The summed E-state index contributed by atoms with van der Waals surface area (Å²) in [5.74, 6) is 0. The van der Waals surface area contributed by atoms with E-state index in [-0.39, 0.29) is 0 Å². The molecule has 1 saturated heterocycles. The highest BCUT2D eigenvalue weighted by molar-refractivity contribution is 5.44. The zero-order valence-electron chi connectivity index (χ0n) is 6.70. The number of nitrogens with zero attached hydrogens (tertiary/aromatic N) is 2. The second kappa shape index (κ2) is 3.09. The molecule has 0 amide bonds. The molecule has 2 rings (SSSR count). The van der Waals surface area contributed by atoms with Crippen molar-refractivity contribution in [1.82, 2.24) is 4.98 Å². The molecule has 0 bridgehead atoms. The Bertz CT molecular complexity index is 250. The Morgan fingerprint density at radius 2 is 2.58 bits per heavy atom. The monoisotopic (exact) mass is 165 g/mol. The van der Waals surface area contributed by atoms with E-state index in [1.165, 1.54) is 0 Å². The first kappa shape index (κ1) is 7.53. The van der Waals surface area contributed by atoms with Crippen LogP contribution in [0.3, 0.4) is 0 Å². The van der Waals surface area contributed by atoms with E-state index in [4.69, 9.17) is 0 Å². The molecule has 3 heteroatoms. The van der Waals surface area contributed by atoms with E-state index in [9.17, 15) is 4.39 Å². The fourth-order valence-corrected chi connectivity index (χ4v) is 1.45. The smallest absolute Gasteiger partial charge is 0.119 e. The third-order valence-electron chi connectivity index (χ3n) is 2.10. The molecule has 0 aromatic carbocycles. The van der Waals surface area contributed by atoms with E-state index in [1.54, 1.807) is 12.3 Å². The molecule has 1 aliphatic rings. The molecule has 63 valence electrons. The van der Waals surface area contributed by atoms with E-state index < -0.39 is 6.17 Å². The van der Waals surface area contributed by atoms with E-state index >= 15 is 0 Å². The molecular weight excluding hydrogens is 155 g/mol. The van der Waals surface area contributed by atoms with Crippen LogP contribution in [0.1, 0.15) is 6.42 Å². The van der Waals surface area contributed by atoms with Gasteiger partial charge in [0, 0.05) is 13.1 Å². The topological polar surface area (TPSA) is 16.1 Å². The lowest BCUT2D eigenvalue weighted by molar-refractivity contribution is 0.364. The Labute approximate surface area is 71.0 Å². The van der Waals surface area contributed by atoms with Crippen molar-refractivity contribution in [2.24, 2.45) is 0 Å². The van der Waals surface area contributed by atoms with Gasteiger partial charge in [-0.25, -0.2) is 4.39 Å². The minimum absolute atomic E-state index is 0.506. The Morgan fingerprint density at radius 3 is 3.17 bits per heavy atom. The third kappa shape index (κ3) is 1.40. The highest BCUT2D eigenvalue weighted by Crippen LogP contribution is 2.19. The van der Waals surface area contributed by atoms with Gasteiger partial charge in [-0.05, 0) is 18.6 Å². The lowest BCUT2D eigenvalue weighted by Crippen LogP contribution is -2.19. The van der Waals surface area contributed by atoms with Crippen molar-refractivity contribution < 1.29 is 4.39 Å². The van der Waals surface area contributed by atoms with E-state index in [2.05, 4.69) is 11.2 Å². The van der Waals surface area contributed by atoms with Crippen molar-refractivity contribution >= 4 is 5.69 Å². The highest BCUT2D eigenvalue weighted by atomic mass is 19.1. The minimum Gasteiger partial charge on any atom is -0.367 e. The summed E-state index contributed by atoms with van der Waals surface area (Å²) in [5.41, 5.74) is 0.994. The number of hydrogen-bond donors (Lipinski definition) is 0. The Balaban J connectivity index is 2.11. The predicted octanol–water partition coefficient (Wildman–Crippen LogP) is 1.43. The van der Waals surface area contributed by atoms with Crippen LogP contribution in [0.2, 0.25) is 0 Å². The van der Waals surface area contributed by atoms with Crippen LogP contribution in [0.4, 0.5) is 10.1 Å². The molecule has 0 saturated carbocycles. The second-order valence-electron chi connectivity index (χ2n) is 2.98. The zero-order chi connectivity index (χ0) is 8.39. The molecule has 1 aromatic rings. The average molecular weight is 165 g/mol. The van der Waals surface area contributed by atoms with Gasteiger partial charge >= 0.3 is 0 Å². The summed E-state index contributed by atoms with van der Waals surface area (Å²) < 4.78 is 12.8. The maximum atomic E-state index is 12.8. The highest BCUT2D eigenvalue weighted by Gasteiger charge is 2.21. The number of aromatic nitrogens is 1. The number of pyridine rings is 1. The number of alkyl halides is 1. The van der Waals surface area contributed by atoms with Gasteiger partial charge in [0.25, 0.3) is 0 Å². The lowest BCUT2D eigenvalue weighted by atomic mass is 10.3. The molecule has 1 aromatic heterocycles. The number of hydrogen-bond acceptors (Lipinski definition) is 2. The van der Waals surface area contributed by atoms with Crippen LogP contribution >= 0.6 is 0 Å². The number of anilines is 1. The van der Waals surface area contributed by atoms with Crippen molar-refractivity contribution in [2.75, 3.05) is 18.0 Å². The van der Waals surface area contributed by atoms with Crippen molar-refractivity contribution in [2.45, 2.75) is 12.6 Å². The largest absolute Gasteiger partial charge is 0.367 e. The molecule has 12 heavy (non-hydrogen) atoms. The zero-order valence-corrected chi connectivity index (χ0v) is 6.70. The summed E-state index contributed by atoms with van der Waals surface area (Å²) in [6, 6.07) is 3.66. The average Bonchev–Trinajstić information content (AvgIpc) is 2.54. The first-order valence-electron chi connectivity index (χ1n) is 4.07. The fraction of sp³-hybridized carbons (Fsp3) is 0.444. The van der Waals surface area contributed by atoms with E-state index in [1.807, 2.05) is 11.0 Å². The summed E-state index contributed by atoms with van der Waals surface area (Å²) in [4.78, 5) is 5.87. The molecule has 2 nitrogen and oxygen atoms in total. The van der Waals surface area contributed by atoms with E-state index in [0.29, 0.717) is 13.0 Å². The summed E-state index contributed by atoms with van der Waals surface area (Å²) in [7, 11) is 0. The summed E-state index contributed by atoms with van der Waals surface area (Å²) >= 11 is 0. The van der Waals surface area contributed by atoms with Crippen molar-refractivity contribution in [3.05, 3.63) is 24.5 Å². The van der Waals surface area contributed by atoms with Gasteiger partial charge in [-0.2, -0.15) is 0 Å². The minimum atomic E-state index is -0.672. The van der Waals surface area contributed by atoms with Gasteiger partial charge in [0.05, 0.1) is 18.1 Å². The first-order valence-corrected chi connectivity index (χ1v) is 4.07. The SMILES string of the molecule is FC1CCN(c2cc[c]nc2)C1. The van der Waals surface area contributed by atoms with Crippen LogP contribution in [0, 0.1) is 6.20 Å². The molecule has 1 atom stereocenters. The maximum absolute atomic E-state index is 12.8. The van der Waals surface area contributed by atoms with Gasteiger partial charge in [0.15, 0.2) is 0 Å². The summed E-state index contributed by atoms with van der Waals surface area (Å²) in [5, 5.41) is 0. The fourth-order valence-electron chi connectivity index (χ4n) is 1.45. The Hall–Kier alpha value is -1.12. The number of rotatable bonds is 1. The third-order valence-corrected chi connectivity index (χ3v) is 2.10. The number of halogens is 1. The van der Waals surface area contributed by atoms with Gasteiger partial charge in [0.2, 0.25) is 0 Å². The van der Waals surface area contributed by atoms with Gasteiger partial charge in [0.1, 0.15) is 6.17 Å².